The Morgan fingerprint density at radius 3 is 2.62 bits per heavy atom. The SMILES string of the molecule is Cc1ccc(-c2cc(C#N)nc(=O)[nH]2)cc1. The first-order valence-corrected chi connectivity index (χ1v) is 4.77. The zero-order valence-electron chi connectivity index (χ0n) is 8.69. The molecule has 1 aromatic heterocycles. The van der Waals surface area contributed by atoms with Gasteiger partial charge in [-0.15, -0.1) is 0 Å². The number of aromatic nitrogens is 2. The molecule has 0 atom stereocenters. The van der Waals surface area contributed by atoms with Crippen LogP contribution in [0.2, 0.25) is 0 Å². The average Bonchev–Trinajstić information content (AvgIpc) is 2.29. The first-order chi connectivity index (χ1) is 7.69. The summed E-state index contributed by atoms with van der Waals surface area (Å²) in [5.41, 5.74) is 2.23. The number of H-pyrrole nitrogens is 1. The molecule has 0 radical (unpaired) electrons. The predicted octanol–water partition coefficient (Wildman–Crippen LogP) is 1.62. The number of nitrogens with one attached hydrogen (secondary N) is 1. The molecule has 0 spiro atoms. The van der Waals surface area contributed by atoms with Crippen LogP contribution in [0.3, 0.4) is 0 Å². The lowest BCUT2D eigenvalue weighted by Gasteiger charge is -2.01. The maximum Gasteiger partial charge on any atom is 0.346 e. The van der Waals surface area contributed by atoms with Crippen LogP contribution in [-0.4, -0.2) is 9.97 Å². The molecule has 0 amide bonds. The number of benzene rings is 1. The largest absolute Gasteiger partial charge is 0.346 e. The first kappa shape index (κ1) is 10.1. The molecule has 78 valence electrons. The van der Waals surface area contributed by atoms with E-state index in [9.17, 15) is 4.79 Å². The third kappa shape index (κ3) is 1.98. The Morgan fingerprint density at radius 2 is 2.00 bits per heavy atom. The van der Waals surface area contributed by atoms with E-state index in [1.807, 2.05) is 37.3 Å². The molecule has 0 saturated carbocycles. The van der Waals surface area contributed by atoms with Gasteiger partial charge < -0.3 is 4.98 Å². The summed E-state index contributed by atoms with van der Waals surface area (Å²) >= 11 is 0. The minimum Gasteiger partial charge on any atom is -0.305 e. The van der Waals surface area contributed by atoms with Crippen LogP contribution in [0, 0.1) is 18.3 Å². The molecule has 1 aromatic carbocycles. The van der Waals surface area contributed by atoms with Crippen molar-refractivity contribution in [2.45, 2.75) is 6.92 Å². The molecule has 16 heavy (non-hydrogen) atoms. The molecular weight excluding hydrogens is 202 g/mol. The molecule has 4 nitrogen and oxygen atoms in total. The summed E-state index contributed by atoms with van der Waals surface area (Å²) in [5, 5.41) is 8.71. The lowest BCUT2D eigenvalue weighted by atomic mass is 10.1. The van der Waals surface area contributed by atoms with Crippen molar-refractivity contribution in [2.24, 2.45) is 0 Å². The van der Waals surface area contributed by atoms with E-state index in [1.54, 1.807) is 6.07 Å². The summed E-state index contributed by atoms with van der Waals surface area (Å²) in [6, 6.07) is 11.1. The van der Waals surface area contributed by atoms with Gasteiger partial charge in [0.25, 0.3) is 0 Å². The van der Waals surface area contributed by atoms with E-state index < -0.39 is 5.69 Å². The van der Waals surface area contributed by atoms with Crippen molar-refractivity contribution in [3.8, 4) is 17.3 Å². The van der Waals surface area contributed by atoms with Crippen molar-refractivity contribution >= 4 is 0 Å². The van der Waals surface area contributed by atoms with Gasteiger partial charge in [0.2, 0.25) is 0 Å². The van der Waals surface area contributed by atoms with Crippen LogP contribution in [-0.2, 0) is 0 Å². The molecule has 0 aliphatic rings. The maximum atomic E-state index is 11.2. The highest BCUT2D eigenvalue weighted by Gasteiger charge is 2.02. The Hall–Kier alpha value is -2.41. The third-order valence-electron chi connectivity index (χ3n) is 2.22. The van der Waals surface area contributed by atoms with Gasteiger partial charge >= 0.3 is 5.69 Å². The standard InChI is InChI=1S/C12H9N3O/c1-8-2-4-9(5-3-8)11-6-10(7-13)14-12(16)15-11/h2-6H,1H3,(H,14,15,16). The van der Waals surface area contributed by atoms with Gasteiger partial charge in [-0.05, 0) is 18.6 Å². The van der Waals surface area contributed by atoms with Gasteiger partial charge in [0.05, 0.1) is 5.69 Å². The lowest BCUT2D eigenvalue weighted by molar-refractivity contribution is 1.06. The quantitative estimate of drug-likeness (QED) is 0.779. The van der Waals surface area contributed by atoms with Gasteiger partial charge in [0, 0.05) is 0 Å². The second-order valence-electron chi connectivity index (χ2n) is 3.46. The number of hydrogen-bond donors (Lipinski definition) is 1. The van der Waals surface area contributed by atoms with Crippen LogP contribution in [0.5, 0.6) is 0 Å². The van der Waals surface area contributed by atoms with Crippen molar-refractivity contribution in [3.05, 3.63) is 52.1 Å². The molecule has 2 rings (SSSR count). The Bertz CT molecular complexity index is 605. The molecule has 0 bridgehead atoms. The van der Waals surface area contributed by atoms with Gasteiger partial charge in [-0.2, -0.15) is 10.2 Å². The fraction of sp³-hybridized carbons (Fsp3) is 0.0833. The molecule has 0 aliphatic heterocycles. The Morgan fingerprint density at radius 1 is 1.31 bits per heavy atom. The Balaban J connectivity index is 2.56. The molecule has 0 aliphatic carbocycles. The highest BCUT2D eigenvalue weighted by atomic mass is 16.1. The Labute approximate surface area is 92.2 Å². The van der Waals surface area contributed by atoms with E-state index in [4.69, 9.17) is 5.26 Å². The summed E-state index contributed by atoms with van der Waals surface area (Å²) in [4.78, 5) is 17.3. The lowest BCUT2D eigenvalue weighted by Crippen LogP contribution is -2.12. The average molecular weight is 211 g/mol. The van der Waals surface area contributed by atoms with E-state index in [2.05, 4.69) is 9.97 Å². The van der Waals surface area contributed by atoms with Crippen molar-refractivity contribution in [3.63, 3.8) is 0 Å². The first-order valence-electron chi connectivity index (χ1n) is 4.77. The van der Waals surface area contributed by atoms with Crippen LogP contribution in [0.4, 0.5) is 0 Å². The monoisotopic (exact) mass is 211 g/mol. The molecule has 0 saturated heterocycles. The molecule has 1 N–H and O–H groups in total. The van der Waals surface area contributed by atoms with Gasteiger partial charge in [-0.1, -0.05) is 29.8 Å². The number of nitrogens with zero attached hydrogens (tertiary/aromatic N) is 2. The van der Waals surface area contributed by atoms with E-state index in [-0.39, 0.29) is 5.69 Å². The van der Waals surface area contributed by atoms with Crippen LogP contribution >= 0.6 is 0 Å². The smallest absolute Gasteiger partial charge is 0.305 e. The minimum absolute atomic E-state index is 0.124. The van der Waals surface area contributed by atoms with Crippen LogP contribution in [0.25, 0.3) is 11.3 Å². The normalized spacial score (nSPS) is 9.75. The number of aryl methyl sites for hydroxylation is 1. The highest BCUT2D eigenvalue weighted by molar-refractivity contribution is 5.60. The van der Waals surface area contributed by atoms with E-state index in [1.165, 1.54) is 0 Å². The molecular formula is C12H9N3O. The molecule has 4 heteroatoms. The molecule has 0 fully saturated rings. The van der Waals surface area contributed by atoms with Crippen LogP contribution < -0.4 is 5.69 Å². The van der Waals surface area contributed by atoms with Gasteiger partial charge in [-0.25, -0.2) is 4.79 Å². The molecule has 0 unspecified atom stereocenters. The minimum atomic E-state index is -0.505. The Kier molecular flexibility index (Phi) is 2.52. The summed E-state index contributed by atoms with van der Waals surface area (Å²) < 4.78 is 0. The van der Waals surface area contributed by atoms with Crippen LogP contribution in [0.1, 0.15) is 11.3 Å². The summed E-state index contributed by atoms with van der Waals surface area (Å²) in [5.74, 6) is 0. The maximum absolute atomic E-state index is 11.2. The summed E-state index contributed by atoms with van der Waals surface area (Å²) in [6.07, 6.45) is 0. The summed E-state index contributed by atoms with van der Waals surface area (Å²) in [7, 11) is 0. The number of aromatic amines is 1. The second-order valence-corrected chi connectivity index (χ2v) is 3.46. The third-order valence-corrected chi connectivity index (χ3v) is 2.22. The second kappa shape index (κ2) is 3.99. The highest BCUT2D eigenvalue weighted by Crippen LogP contribution is 2.16. The fourth-order valence-corrected chi connectivity index (χ4v) is 1.40. The number of rotatable bonds is 1. The molecule has 1 heterocycles. The zero-order chi connectivity index (χ0) is 11.5. The van der Waals surface area contributed by atoms with E-state index in [0.717, 1.165) is 11.1 Å². The zero-order valence-corrected chi connectivity index (χ0v) is 8.69. The van der Waals surface area contributed by atoms with E-state index in [0.29, 0.717) is 5.69 Å². The van der Waals surface area contributed by atoms with Crippen molar-refractivity contribution < 1.29 is 0 Å². The van der Waals surface area contributed by atoms with Gasteiger partial charge in [-0.3, -0.25) is 0 Å². The van der Waals surface area contributed by atoms with Crippen LogP contribution in [0.15, 0.2) is 35.1 Å². The summed E-state index contributed by atoms with van der Waals surface area (Å²) in [6.45, 7) is 1.99. The predicted molar refractivity (Wildman–Crippen MR) is 59.7 cm³/mol. The van der Waals surface area contributed by atoms with Gasteiger partial charge in [0.15, 0.2) is 0 Å². The van der Waals surface area contributed by atoms with Gasteiger partial charge in [0.1, 0.15) is 11.8 Å². The van der Waals surface area contributed by atoms with Crippen molar-refractivity contribution in [1.29, 1.82) is 5.26 Å². The number of nitriles is 1. The van der Waals surface area contributed by atoms with Crippen molar-refractivity contribution in [1.82, 2.24) is 9.97 Å². The van der Waals surface area contributed by atoms with E-state index >= 15 is 0 Å². The fourth-order valence-electron chi connectivity index (χ4n) is 1.40. The molecule has 2 aromatic rings. The topological polar surface area (TPSA) is 69.5 Å². The van der Waals surface area contributed by atoms with Crippen molar-refractivity contribution in [2.75, 3.05) is 0 Å². The number of hydrogen-bond acceptors (Lipinski definition) is 3.